The second kappa shape index (κ2) is 6.33. The highest BCUT2D eigenvalue weighted by atomic mass is 16.1. The molecule has 4 rings (SSSR count). The molecule has 0 saturated carbocycles. The number of carbonyl (C=O) groups excluding carboxylic acids is 1. The zero-order valence-corrected chi connectivity index (χ0v) is 14.4. The van der Waals surface area contributed by atoms with E-state index in [4.69, 9.17) is 5.84 Å². The van der Waals surface area contributed by atoms with Crippen LogP contribution in [0.15, 0.2) is 48.9 Å². The molecule has 0 aliphatic carbocycles. The van der Waals surface area contributed by atoms with Crippen molar-refractivity contribution in [2.45, 2.75) is 18.8 Å². The molecule has 0 amide bonds. The van der Waals surface area contributed by atoms with Crippen LogP contribution in [0.4, 0.5) is 0 Å². The monoisotopic (exact) mass is 334 g/mol. The first-order chi connectivity index (χ1) is 12.1. The zero-order chi connectivity index (χ0) is 17.4. The van der Waals surface area contributed by atoms with Crippen molar-refractivity contribution in [1.29, 1.82) is 0 Å². The number of hydrogen-bond acceptors (Lipinski definition) is 4. The van der Waals surface area contributed by atoms with Crippen LogP contribution in [0.3, 0.4) is 0 Å². The van der Waals surface area contributed by atoms with Crippen molar-refractivity contribution in [3.63, 3.8) is 0 Å². The molecular weight excluding hydrogens is 312 g/mol. The van der Waals surface area contributed by atoms with Gasteiger partial charge in [-0.1, -0.05) is 0 Å². The van der Waals surface area contributed by atoms with Crippen LogP contribution in [0.2, 0.25) is 0 Å². The lowest BCUT2D eigenvalue weighted by molar-refractivity contribution is 0.103. The van der Waals surface area contributed by atoms with Crippen LogP contribution in [0.5, 0.6) is 0 Å². The maximum Gasteiger partial charge on any atom is 0.194 e. The predicted octanol–water partition coefficient (Wildman–Crippen LogP) is 2.79. The van der Waals surface area contributed by atoms with E-state index in [0.717, 1.165) is 36.8 Å². The van der Waals surface area contributed by atoms with Gasteiger partial charge in [0, 0.05) is 35.1 Å². The molecule has 0 radical (unpaired) electrons. The third kappa shape index (κ3) is 2.91. The van der Waals surface area contributed by atoms with E-state index in [2.05, 4.69) is 16.9 Å². The van der Waals surface area contributed by atoms with Crippen molar-refractivity contribution < 1.29 is 4.79 Å². The lowest BCUT2D eigenvalue weighted by Crippen LogP contribution is -2.29. The highest BCUT2D eigenvalue weighted by Crippen LogP contribution is 2.34. The number of aromatic nitrogens is 2. The maximum atomic E-state index is 12.7. The molecule has 1 aliphatic heterocycles. The second-order valence-corrected chi connectivity index (χ2v) is 6.87. The highest BCUT2D eigenvalue weighted by molar-refractivity contribution is 6.10. The Morgan fingerprint density at radius 2 is 2.00 bits per heavy atom. The summed E-state index contributed by atoms with van der Waals surface area (Å²) in [7, 11) is 2.16. The van der Waals surface area contributed by atoms with Crippen molar-refractivity contribution in [2.75, 3.05) is 26.0 Å². The normalized spacial score (nSPS) is 16.4. The molecule has 3 heterocycles. The Morgan fingerprint density at radius 3 is 2.72 bits per heavy atom. The molecule has 0 unspecified atom stereocenters. The summed E-state index contributed by atoms with van der Waals surface area (Å²) < 4.78 is 1.68. The van der Waals surface area contributed by atoms with E-state index in [1.54, 1.807) is 29.2 Å². The van der Waals surface area contributed by atoms with Crippen LogP contribution in [0.25, 0.3) is 10.9 Å². The molecule has 25 heavy (non-hydrogen) atoms. The molecule has 5 nitrogen and oxygen atoms in total. The Bertz CT molecular complexity index is 908. The lowest BCUT2D eigenvalue weighted by Gasteiger charge is -2.28. The van der Waals surface area contributed by atoms with E-state index in [1.807, 2.05) is 24.4 Å². The number of likely N-dealkylation sites (tertiary alicyclic amines) is 1. The summed E-state index contributed by atoms with van der Waals surface area (Å²) >= 11 is 0. The van der Waals surface area contributed by atoms with Crippen molar-refractivity contribution in [3.8, 4) is 0 Å². The summed E-state index contributed by atoms with van der Waals surface area (Å²) in [6.07, 6.45) is 7.55. The maximum absolute atomic E-state index is 12.7. The number of carbonyl (C=O) groups is 1. The van der Waals surface area contributed by atoms with Gasteiger partial charge in [-0.2, -0.15) is 0 Å². The summed E-state index contributed by atoms with van der Waals surface area (Å²) in [5.74, 6) is 6.65. The van der Waals surface area contributed by atoms with Gasteiger partial charge in [-0.25, -0.2) is 0 Å². The fourth-order valence-electron chi connectivity index (χ4n) is 3.73. The van der Waals surface area contributed by atoms with Gasteiger partial charge in [-0.3, -0.25) is 14.5 Å². The molecule has 1 aromatic carbocycles. The quantitative estimate of drug-likeness (QED) is 0.591. The number of nitrogens with two attached hydrogens (primary N) is 1. The Morgan fingerprint density at radius 1 is 1.20 bits per heavy atom. The van der Waals surface area contributed by atoms with E-state index in [0.29, 0.717) is 17.0 Å². The number of hydrogen-bond donors (Lipinski definition) is 1. The van der Waals surface area contributed by atoms with Crippen LogP contribution in [-0.4, -0.2) is 40.5 Å². The molecular formula is C20H22N4O. The molecule has 0 spiro atoms. The third-order valence-electron chi connectivity index (χ3n) is 5.21. The van der Waals surface area contributed by atoms with Crippen molar-refractivity contribution in [2.24, 2.45) is 0 Å². The fourth-order valence-corrected chi connectivity index (χ4v) is 3.73. The molecule has 2 N–H and O–H groups in total. The summed E-state index contributed by atoms with van der Waals surface area (Å²) in [5.41, 5.74) is 3.51. The first kappa shape index (κ1) is 15.8. The first-order valence-corrected chi connectivity index (χ1v) is 8.67. The molecule has 1 aliphatic rings. The minimum atomic E-state index is -0.00546. The van der Waals surface area contributed by atoms with Crippen LogP contribution in [0.1, 0.15) is 40.2 Å². The molecule has 2 aromatic heterocycles. The number of pyridine rings is 1. The van der Waals surface area contributed by atoms with Gasteiger partial charge >= 0.3 is 0 Å². The van der Waals surface area contributed by atoms with Crippen LogP contribution in [-0.2, 0) is 0 Å². The van der Waals surface area contributed by atoms with Gasteiger partial charge in [0.2, 0.25) is 0 Å². The van der Waals surface area contributed by atoms with Crippen molar-refractivity contribution in [3.05, 3.63) is 65.6 Å². The number of piperidine rings is 1. The summed E-state index contributed by atoms with van der Waals surface area (Å²) in [6.45, 7) is 2.19. The van der Waals surface area contributed by atoms with E-state index in [1.165, 1.54) is 5.56 Å². The van der Waals surface area contributed by atoms with Gasteiger partial charge in [0.15, 0.2) is 5.78 Å². The van der Waals surface area contributed by atoms with Gasteiger partial charge in [0.25, 0.3) is 0 Å². The topological polar surface area (TPSA) is 64.2 Å². The summed E-state index contributed by atoms with van der Waals surface area (Å²) in [4.78, 5) is 19.1. The standard InChI is InChI=1S/C20H22N4O/c1-23-9-6-14(7-10-23)18-13-24(21)19-5-4-15(11-17(18)19)20(25)16-3-2-8-22-12-16/h2-5,8,11-14H,6-7,9-10,21H2,1H3. The van der Waals surface area contributed by atoms with E-state index in [-0.39, 0.29) is 5.78 Å². The highest BCUT2D eigenvalue weighted by Gasteiger charge is 2.23. The molecule has 128 valence electrons. The number of nitrogen functional groups attached to an aromatic ring is 1. The summed E-state index contributed by atoms with van der Waals surface area (Å²) in [6, 6.07) is 9.36. The number of nitrogens with zero attached hydrogens (tertiary/aromatic N) is 3. The first-order valence-electron chi connectivity index (χ1n) is 8.67. The van der Waals surface area contributed by atoms with E-state index >= 15 is 0 Å². The number of ketones is 1. The summed E-state index contributed by atoms with van der Waals surface area (Å²) in [5, 5.41) is 1.09. The van der Waals surface area contributed by atoms with Crippen LogP contribution in [0, 0.1) is 0 Å². The smallest absolute Gasteiger partial charge is 0.194 e. The van der Waals surface area contributed by atoms with Gasteiger partial charge in [0.05, 0.1) is 5.52 Å². The van der Waals surface area contributed by atoms with E-state index in [9.17, 15) is 4.79 Å². The van der Waals surface area contributed by atoms with Gasteiger partial charge in [0.1, 0.15) is 0 Å². The van der Waals surface area contributed by atoms with Crippen LogP contribution >= 0.6 is 0 Å². The minimum absolute atomic E-state index is 0.00546. The molecule has 3 aromatic rings. The second-order valence-electron chi connectivity index (χ2n) is 6.87. The fraction of sp³-hybridized carbons (Fsp3) is 0.300. The molecule has 0 atom stereocenters. The number of benzene rings is 1. The van der Waals surface area contributed by atoms with E-state index < -0.39 is 0 Å². The molecule has 0 bridgehead atoms. The Balaban J connectivity index is 1.74. The average Bonchev–Trinajstić information content (AvgIpc) is 2.99. The Kier molecular flexibility index (Phi) is 4.01. The Hall–Kier alpha value is -2.66. The Labute approximate surface area is 147 Å². The van der Waals surface area contributed by atoms with Crippen molar-refractivity contribution in [1.82, 2.24) is 14.6 Å². The lowest BCUT2D eigenvalue weighted by atomic mass is 9.89. The number of rotatable bonds is 3. The van der Waals surface area contributed by atoms with Gasteiger partial charge in [-0.05, 0) is 74.8 Å². The zero-order valence-electron chi connectivity index (χ0n) is 14.4. The predicted molar refractivity (Wildman–Crippen MR) is 99.2 cm³/mol. The largest absolute Gasteiger partial charge is 0.339 e. The van der Waals surface area contributed by atoms with Crippen LogP contribution < -0.4 is 5.84 Å². The third-order valence-corrected chi connectivity index (χ3v) is 5.21. The molecule has 5 heteroatoms. The number of fused-ring (bicyclic) bond motifs is 1. The van der Waals surface area contributed by atoms with Crippen molar-refractivity contribution >= 4 is 16.7 Å². The van der Waals surface area contributed by atoms with Gasteiger partial charge in [-0.15, -0.1) is 0 Å². The average molecular weight is 334 g/mol. The molecule has 1 fully saturated rings. The SMILES string of the molecule is CN1CCC(c2cn(N)c3ccc(C(=O)c4cccnc4)cc23)CC1. The minimum Gasteiger partial charge on any atom is -0.339 e. The van der Waals surface area contributed by atoms with Gasteiger partial charge < -0.3 is 10.7 Å². The molecule has 1 saturated heterocycles.